The quantitative estimate of drug-likeness (QED) is 0.0321. The number of likely N-dealkylation sites (N-methyl/N-ethyl adjacent to an activating group) is 1. The second kappa shape index (κ2) is 40.9. The van der Waals surface area contributed by atoms with Crippen LogP contribution in [-0.2, 0) is 20.8 Å². The third-order valence-corrected chi connectivity index (χ3v) is 30.5. The summed E-state index contributed by atoms with van der Waals surface area (Å²) in [4.78, 5) is 124. The van der Waals surface area contributed by atoms with Crippen molar-refractivity contribution in [3.05, 3.63) is 244 Å². The molecule has 6 aliphatic rings. The molecule has 145 heavy (non-hydrogen) atoms. The molecule has 26 nitrogen and oxygen atoms in total. The standard InChI is InChI=1S/C35H36Cl3F2N7O2.C35H35Cl3F2N6O2.C34H34Cl3F2N7O2/c1-8-23(48)45-13-18-12-44(7)34-32(46(18)11-17(45)6)19-9-20(36)24(25-26(39)21(37)10-22(38)28(25)41)27(40)31(19)47(35(34)49)33-29(15(2)3)42-14-43-30(33)16(4)5;1-7-24(47)44-13-18-8-9-19-32(45(18)12-17(44)6)20-10-21(36)25(26-27(39)22(37)11-23(38)29(26)41)28(40)33(20)46(35(19)48)34-30(15(2)3)42-14-43-31(34)16(4)5;1-7-22(47)44-12-17-10-41-30-32(45(17)11-16(44)6)18-8-19(35)23(24-25(38)20(36)9-21(37)27(24)40)26(39)31(18)46(34(30)48)33-28(14(2)3)42-13-43-29(33)15(4)5/h8-10,14-18H,1,11-13,41H2,2-7H3;7,10-11,14-18H,1,8-9,12-13,41H2,2-6H3;7-9,13-17,41H,1,10-12,40H2,2-6H3. The monoisotopic (exact) mass is 2160 g/mol. The van der Waals surface area contributed by atoms with E-state index >= 15 is 31.1 Å². The Bertz CT molecular complexity index is 7240. The highest BCUT2D eigenvalue weighted by Gasteiger charge is 2.47. The molecule has 6 aromatic heterocycles. The highest BCUT2D eigenvalue weighted by molar-refractivity contribution is 6.41. The molecule has 6 unspecified atom stereocenters. The zero-order chi connectivity index (χ0) is 106. The maximum absolute atomic E-state index is 17.7. The summed E-state index contributed by atoms with van der Waals surface area (Å²) in [5.74, 6) is -7.74. The van der Waals surface area contributed by atoms with E-state index in [0.717, 1.165) is 18.2 Å². The van der Waals surface area contributed by atoms with Crippen LogP contribution in [0.4, 0.5) is 71.8 Å². The van der Waals surface area contributed by atoms with Gasteiger partial charge in [-0.1, -0.05) is 207 Å². The molecule has 6 atom stereocenters. The maximum atomic E-state index is 17.7. The van der Waals surface area contributed by atoms with Gasteiger partial charge in [-0.25, -0.2) is 56.2 Å². The Hall–Kier alpha value is -11.6. The van der Waals surface area contributed by atoms with Gasteiger partial charge in [-0.05, 0) is 124 Å². The molecule has 3 amide bonds. The van der Waals surface area contributed by atoms with Crippen LogP contribution in [0.25, 0.3) is 83.2 Å². The first-order valence-corrected chi connectivity index (χ1v) is 50.6. The molecule has 18 rings (SSSR count). The summed E-state index contributed by atoms with van der Waals surface area (Å²) < 4.78 is 104. The van der Waals surface area contributed by atoms with E-state index < -0.39 is 79.4 Å². The molecule has 762 valence electrons. The molecule has 6 aromatic carbocycles. The van der Waals surface area contributed by atoms with Gasteiger partial charge in [0.15, 0.2) is 34.9 Å². The molecular weight excluding hydrogens is 2060 g/mol. The van der Waals surface area contributed by atoms with Gasteiger partial charge in [0.25, 0.3) is 16.7 Å². The van der Waals surface area contributed by atoms with Crippen LogP contribution < -0.4 is 58.8 Å². The number of nitrogens with one attached hydrogen (secondary N) is 1. The molecule has 0 aliphatic carbocycles. The van der Waals surface area contributed by atoms with E-state index in [0.29, 0.717) is 156 Å². The summed E-state index contributed by atoms with van der Waals surface area (Å²) in [7, 11) is 1.79. The van der Waals surface area contributed by atoms with Gasteiger partial charge in [-0.15, -0.1) is 0 Å². The van der Waals surface area contributed by atoms with Crippen molar-refractivity contribution < 1.29 is 40.7 Å². The summed E-state index contributed by atoms with van der Waals surface area (Å²) in [6, 6.07) is 6.52. The molecule has 12 heterocycles. The lowest BCUT2D eigenvalue weighted by molar-refractivity contribution is -0.129. The fourth-order valence-electron chi connectivity index (χ4n) is 21.1. The SMILES string of the molecule is C=CC(=O)N1CC2CCc3c(c4cc(Cl)c(-c5c(N)c(Cl)cc(Cl)c5F)c(F)c4n(-c4c(C(C)C)ncnc4C(C)C)c3=O)N2CC1C.C=CC(=O)N1CC2CN(C)c3c(c4cc(Cl)c(-c5c(N)c(Cl)cc(Cl)c5F)c(F)c4n(-c4c(C(C)C)ncnc4C(C)C)c3=O)N2CC1C.C=CC(=O)N1CC2CNc3c(c4cc(Cl)c(-c5c(N)c(Cl)cc(Cl)c5F)c(F)c4n(-c4c(C(C)C)ncnc4C(C)C)c3=O)N2CC1C. The molecule has 0 saturated carbocycles. The number of rotatable bonds is 15. The lowest BCUT2D eigenvalue weighted by Gasteiger charge is -2.51. The summed E-state index contributed by atoms with van der Waals surface area (Å²) >= 11 is 58.0. The molecule has 12 aromatic rings. The van der Waals surface area contributed by atoms with Gasteiger partial charge in [-0.3, -0.25) is 42.5 Å². The zero-order valence-electron chi connectivity index (χ0n) is 82.1. The summed E-state index contributed by atoms with van der Waals surface area (Å²) in [6.45, 7) is 42.6. The predicted molar refractivity (Wildman–Crippen MR) is 572 cm³/mol. The van der Waals surface area contributed by atoms with Crippen LogP contribution in [0.5, 0.6) is 0 Å². The van der Waals surface area contributed by atoms with E-state index in [1.807, 2.05) is 119 Å². The second-order valence-electron chi connectivity index (χ2n) is 39.1. The third kappa shape index (κ3) is 17.9. The van der Waals surface area contributed by atoms with Crippen molar-refractivity contribution in [3.63, 3.8) is 0 Å². The lowest BCUT2D eigenvalue weighted by Crippen LogP contribution is -2.64. The Morgan fingerprint density at radius 3 is 1.00 bits per heavy atom. The zero-order valence-corrected chi connectivity index (χ0v) is 88.9. The summed E-state index contributed by atoms with van der Waals surface area (Å²) in [5.41, 5.74) is 20.1. The van der Waals surface area contributed by atoms with Crippen molar-refractivity contribution in [2.24, 2.45) is 0 Å². The van der Waals surface area contributed by atoms with Crippen molar-refractivity contribution in [3.8, 4) is 50.4 Å². The number of aromatic nitrogens is 9. The number of carbonyl (C=O) groups is 3. The average molecular weight is 2160 g/mol. The Labute approximate surface area is 877 Å². The summed E-state index contributed by atoms with van der Waals surface area (Å²) in [6.07, 6.45) is 9.10. The Morgan fingerprint density at radius 2 is 0.662 bits per heavy atom. The number of anilines is 8. The van der Waals surface area contributed by atoms with E-state index in [-0.39, 0.29) is 185 Å². The average Bonchev–Trinajstić information content (AvgIpc) is 0.690. The minimum Gasteiger partial charge on any atom is -0.397 e. The van der Waals surface area contributed by atoms with Crippen molar-refractivity contribution >= 4 is 200 Å². The third-order valence-electron chi connectivity index (χ3n) is 27.9. The molecule has 41 heteroatoms. The fraction of sp³-hybridized carbons (Fsp3) is 0.365. The molecule has 0 spiro atoms. The van der Waals surface area contributed by atoms with Gasteiger partial charge < -0.3 is 56.8 Å². The number of carbonyl (C=O) groups excluding carboxylic acids is 3. The van der Waals surface area contributed by atoms with Crippen molar-refractivity contribution in [1.29, 1.82) is 0 Å². The van der Waals surface area contributed by atoms with Crippen LogP contribution >= 0.6 is 104 Å². The minimum absolute atomic E-state index is 0.0841. The topological polar surface area (TPSA) is 307 Å². The highest BCUT2D eigenvalue weighted by atomic mass is 35.5. The van der Waals surface area contributed by atoms with E-state index in [9.17, 15) is 24.0 Å². The number of nitrogen functional groups attached to an aromatic ring is 3. The lowest BCUT2D eigenvalue weighted by atomic mass is 9.89. The number of pyridine rings is 3. The van der Waals surface area contributed by atoms with Crippen molar-refractivity contribution in [2.45, 2.75) is 188 Å². The largest absolute Gasteiger partial charge is 0.397 e. The first-order valence-electron chi connectivity index (χ1n) is 47.2. The molecule has 3 fully saturated rings. The normalized spacial score (nSPS) is 17.6. The van der Waals surface area contributed by atoms with E-state index in [2.05, 4.69) is 59.9 Å². The number of piperazine rings is 3. The van der Waals surface area contributed by atoms with Gasteiger partial charge in [0, 0.05) is 139 Å². The first-order chi connectivity index (χ1) is 68.5. The Kier molecular flexibility index (Phi) is 30.0. The van der Waals surface area contributed by atoms with Crippen LogP contribution in [0.1, 0.15) is 186 Å². The van der Waals surface area contributed by atoms with Crippen LogP contribution in [0.15, 0.2) is 108 Å². The molecule has 0 bridgehead atoms. The van der Waals surface area contributed by atoms with Gasteiger partial charge in [-0.2, -0.15) is 0 Å². The van der Waals surface area contributed by atoms with Gasteiger partial charge in [0.1, 0.15) is 30.4 Å². The first kappa shape index (κ1) is 106. The second-order valence-corrected chi connectivity index (χ2v) is 42.8. The Balaban J connectivity index is 0.000000156. The molecule has 3 saturated heterocycles. The molecule has 0 radical (unpaired) electrons. The van der Waals surface area contributed by atoms with E-state index in [1.54, 1.807) is 27.8 Å². The van der Waals surface area contributed by atoms with Gasteiger partial charge in [0.2, 0.25) is 17.7 Å². The highest BCUT2D eigenvalue weighted by Crippen LogP contribution is 2.55. The summed E-state index contributed by atoms with van der Waals surface area (Å²) in [5, 5.41) is 2.32. The fourth-order valence-corrected chi connectivity index (χ4v) is 23.4. The van der Waals surface area contributed by atoms with Gasteiger partial charge in [0.05, 0.1) is 159 Å². The van der Waals surface area contributed by atoms with Crippen LogP contribution in [0.3, 0.4) is 0 Å². The number of hydrogen-bond acceptors (Lipinski definition) is 20. The van der Waals surface area contributed by atoms with Crippen molar-refractivity contribution in [2.75, 3.05) is 102 Å². The van der Waals surface area contributed by atoms with Crippen molar-refractivity contribution in [1.82, 2.24) is 58.3 Å². The molecule has 7 N–H and O–H groups in total. The number of amides is 3. The molecular formula is C104H105Cl9F6N20O6. The van der Waals surface area contributed by atoms with E-state index in [4.69, 9.17) is 122 Å². The minimum atomic E-state index is -1.02. The predicted octanol–water partition coefficient (Wildman–Crippen LogP) is 23.1. The van der Waals surface area contributed by atoms with Gasteiger partial charge >= 0.3 is 0 Å². The number of nitrogens with zero attached hydrogens (tertiary/aromatic N) is 16. The van der Waals surface area contributed by atoms with Crippen LogP contribution in [0.2, 0.25) is 45.2 Å². The Morgan fingerprint density at radius 1 is 0.366 bits per heavy atom. The van der Waals surface area contributed by atoms with Crippen LogP contribution in [-0.4, -0.2) is 172 Å². The maximum Gasteiger partial charge on any atom is 0.281 e. The number of fused-ring (bicyclic) bond motifs is 15. The smallest absolute Gasteiger partial charge is 0.281 e. The molecule has 6 aliphatic heterocycles. The number of hydrogen-bond donors (Lipinski definition) is 4. The number of halogens is 15. The number of benzene rings is 6. The number of nitrogens with two attached hydrogens (primary N) is 3. The van der Waals surface area contributed by atoms with Crippen LogP contribution in [0, 0.1) is 34.9 Å². The van der Waals surface area contributed by atoms with E-state index in [1.165, 1.54) is 63.0 Å².